The third kappa shape index (κ3) is 4.76. The van der Waals surface area contributed by atoms with E-state index < -0.39 is 0 Å². The maximum Gasteiger partial charge on any atom is 0.166 e. The average molecular weight is 282 g/mol. The minimum Gasteiger partial charge on any atom is -0.376 e. The normalized spacial score (nSPS) is 18.3. The summed E-state index contributed by atoms with van der Waals surface area (Å²) >= 11 is 5.17. The molecule has 19 heavy (non-hydrogen) atoms. The van der Waals surface area contributed by atoms with Gasteiger partial charge in [-0.3, -0.25) is 0 Å². The molecule has 1 heterocycles. The summed E-state index contributed by atoms with van der Waals surface area (Å²) in [6, 6.07) is 6.80. The van der Waals surface area contributed by atoms with E-state index in [4.69, 9.17) is 17.0 Å². The first-order valence-corrected chi connectivity index (χ1v) is 7.03. The van der Waals surface area contributed by atoms with Crippen molar-refractivity contribution in [2.45, 2.75) is 25.4 Å². The van der Waals surface area contributed by atoms with E-state index in [1.807, 2.05) is 6.07 Å². The summed E-state index contributed by atoms with van der Waals surface area (Å²) in [4.78, 5) is 0. The molecule has 0 aliphatic carbocycles. The maximum absolute atomic E-state index is 13.4. The summed E-state index contributed by atoms with van der Waals surface area (Å²) in [6.45, 7) is 2.21. The Hall–Kier alpha value is -1.20. The van der Waals surface area contributed by atoms with Gasteiger partial charge in [-0.15, -0.1) is 0 Å². The van der Waals surface area contributed by atoms with E-state index in [0.717, 1.165) is 26.0 Å². The zero-order chi connectivity index (χ0) is 13.5. The first kappa shape index (κ1) is 14.2. The Kier molecular flexibility index (Phi) is 5.54. The molecule has 104 valence electrons. The van der Waals surface area contributed by atoms with Crippen LogP contribution in [0.2, 0.25) is 0 Å². The number of benzene rings is 1. The highest BCUT2D eigenvalue weighted by molar-refractivity contribution is 7.80. The summed E-state index contributed by atoms with van der Waals surface area (Å²) in [5, 5.41) is 6.81. The van der Waals surface area contributed by atoms with Crippen molar-refractivity contribution in [1.82, 2.24) is 10.6 Å². The third-order valence-corrected chi connectivity index (χ3v) is 3.44. The molecule has 1 aliphatic heterocycles. The fourth-order valence-electron chi connectivity index (χ4n) is 2.09. The Morgan fingerprint density at radius 1 is 1.37 bits per heavy atom. The molecule has 0 bridgehead atoms. The summed E-state index contributed by atoms with van der Waals surface area (Å²) in [5.41, 5.74) is 0.705. The molecule has 0 unspecified atom stereocenters. The molecule has 0 aromatic heterocycles. The van der Waals surface area contributed by atoms with Crippen LogP contribution in [0.1, 0.15) is 18.4 Å². The Labute approximate surface area is 118 Å². The van der Waals surface area contributed by atoms with E-state index in [1.54, 1.807) is 12.1 Å². The number of rotatable bonds is 5. The molecule has 0 amide bonds. The van der Waals surface area contributed by atoms with Crippen LogP contribution in [0.15, 0.2) is 24.3 Å². The lowest BCUT2D eigenvalue weighted by Gasteiger charge is -2.14. The monoisotopic (exact) mass is 282 g/mol. The predicted molar refractivity (Wildman–Crippen MR) is 77.7 cm³/mol. The molecule has 1 saturated heterocycles. The number of thiocarbonyl (C=S) groups is 1. The Morgan fingerprint density at radius 2 is 2.21 bits per heavy atom. The molecule has 2 N–H and O–H groups in total. The van der Waals surface area contributed by atoms with Crippen LogP contribution in [0.25, 0.3) is 0 Å². The molecule has 1 fully saturated rings. The van der Waals surface area contributed by atoms with Gasteiger partial charge in [0.15, 0.2) is 5.11 Å². The average Bonchev–Trinajstić information content (AvgIpc) is 2.92. The van der Waals surface area contributed by atoms with Crippen LogP contribution in [-0.4, -0.2) is 30.9 Å². The fraction of sp³-hybridized carbons (Fsp3) is 0.500. The second kappa shape index (κ2) is 7.40. The van der Waals surface area contributed by atoms with Crippen molar-refractivity contribution >= 4 is 17.3 Å². The van der Waals surface area contributed by atoms with Crippen LogP contribution in [-0.2, 0) is 11.2 Å². The predicted octanol–water partition coefficient (Wildman–Crippen LogP) is 2.01. The molecule has 1 aromatic rings. The van der Waals surface area contributed by atoms with Gasteiger partial charge in [-0.25, -0.2) is 4.39 Å². The van der Waals surface area contributed by atoms with Crippen molar-refractivity contribution in [2.24, 2.45) is 0 Å². The van der Waals surface area contributed by atoms with Gasteiger partial charge in [0, 0.05) is 19.7 Å². The van der Waals surface area contributed by atoms with Gasteiger partial charge in [0.2, 0.25) is 0 Å². The van der Waals surface area contributed by atoms with Gasteiger partial charge in [-0.1, -0.05) is 18.2 Å². The molecule has 1 aliphatic rings. The Morgan fingerprint density at radius 3 is 2.95 bits per heavy atom. The van der Waals surface area contributed by atoms with Crippen molar-refractivity contribution < 1.29 is 9.13 Å². The molecule has 5 heteroatoms. The van der Waals surface area contributed by atoms with E-state index in [1.165, 1.54) is 6.07 Å². The Balaban J connectivity index is 1.62. The largest absolute Gasteiger partial charge is 0.376 e. The topological polar surface area (TPSA) is 33.3 Å². The minimum atomic E-state index is -0.164. The number of nitrogens with one attached hydrogen (secondary N) is 2. The Bertz CT molecular complexity index is 422. The molecular weight excluding hydrogens is 263 g/mol. The molecule has 1 atom stereocenters. The minimum absolute atomic E-state index is 0.164. The lowest BCUT2D eigenvalue weighted by molar-refractivity contribution is 0.114. The van der Waals surface area contributed by atoms with Crippen LogP contribution >= 0.6 is 12.2 Å². The van der Waals surface area contributed by atoms with Crippen molar-refractivity contribution in [2.75, 3.05) is 19.7 Å². The fourth-order valence-corrected chi connectivity index (χ4v) is 2.27. The molecule has 0 saturated carbocycles. The first-order chi connectivity index (χ1) is 9.25. The van der Waals surface area contributed by atoms with E-state index in [-0.39, 0.29) is 11.9 Å². The second-order valence-corrected chi connectivity index (χ2v) is 5.02. The standard InChI is InChI=1S/C14H19FN2OS/c15-13-6-2-1-4-11(13)7-8-16-14(19)17-10-12-5-3-9-18-12/h1-2,4,6,12H,3,5,7-10H2,(H2,16,17,19)/t12-/m1/s1. The van der Waals surface area contributed by atoms with E-state index >= 15 is 0 Å². The highest BCUT2D eigenvalue weighted by Gasteiger charge is 2.15. The van der Waals surface area contributed by atoms with Crippen molar-refractivity contribution in [3.8, 4) is 0 Å². The summed E-state index contributed by atoms with van der Waals surface area (Å²) in [6.07, 6.45) is 3.10. The van der Waals surface area contributed by atoms with Gasteiger partial charge < -0.3 is 15.4 Å². The number of hydrogen-bond acceptors (Lipinski definition) is 2. The SMILES string of the molecule is Fc1ccccc1CCNC(=S)NC[C@H]1CCCO1. The number of hydrogen-bond donors (Lipinski definition) is 2. The van der Waals surface area contributed by atoms with Gasteiger partial charge in [0.25, 0.3) is 0 Å². The summed E-state index contributed by atoms with van der Waals surface area (Å²) in [5.74, 6) is -0.164. The van der Waals surface area contributed by atoms with E-state index in [0.29, 0.717) is 23.6 Å². The van der Waals surface area contributed by atoms with E-state index in [2.05, 4.69) is 10.6 Å². The van der Waals surface area contributed by atoms with E-state index in [9.17, 15) is 4.39 Å². The van der Waals surface area contributed by atoms with Gasteiger partial charge in [-0.2, -0.15) is 0 Å². The van der Waals surface area contributed by atoms with Crippen molar-refractivity contribution in [3.05, 3.63) is 35.6 Å². The van der Waals surface area contributed by atoms with Crippen LogP contribution in [0.5, 0.6) is 0 Å². The molecular formula is C14H19FN2OS. The third-order valence-electron chi connectivity index (χ3n) is 3.15. The van der Waals surface area contributed by atoms with Gasteiger partial charge in [0.05, 0.1) is 6.10 Å². The van der Waals surface area contributed by atoms with Crippen LogP contribution in [0.3, 0.4) is 0 Å². The van der Waals surface area contributed by atoms with Crippen molar-refractivity contribution in [1.29, 1.82) is 0 Å². The lowest BCUT2D eigenvalue weighted by Crippen LogP contribution is -2.40. The zero-order valence-corrected chi connectivity index (χ0v) is 11.6. The smallest absolute Gasteiger partial charge is 0.166 e. The lowest BCUT2D eigenvalue weighted by atomic mass is 10.1. The van der Waals surface area contributed by atoms with Gasteiger partial charge >= 0.3 is 0 Å². The zero-order valence-electron chi connectivity index (χ0n) is 10.8. The van der Waals surface area contributed by atoms with Gasteiger partial charge in [-0.05, 0) is 43.1 Å². The molecule has 1 aromatic carbocycles. The molecule has 2 rings (SSSR count). The van der Waals surface area contributed by atoms with Crippen LogP contribution in [0, 0.1) is 5.82 Å². The highest BCUT2D eigenvalue weighted by atomic mass is 32.1. The number of ether oxygens (including phenoxy) is 1. The molecule has 3 nitrogen and oxygen atoms in total. The summed E-state index contributed by atoms with van der Waals surface area (Å²) < 4.78 is 18.9. The maximum atomic E-state index is 13.4. The number of halogens is 1. The van der Waals surface area contributed by atoms with Crippen LogP contribution in [0.4, 0.5) is 4.39 Å². The summed E-state index contributed by atoms with van der Waals surface area (Å²) in [7, 11) is 0. The molecule has 0 radical (unpaired) electrons. The van der Waals surface area contributed by atoms with Crippen molar-refractivity contribution in [3.63, 3.8) is 0 Å². The highest BCUT2D eigenvalue weighted by Crippen LogP contribution is 2.10. The van der Waals surface area contributed by atoms with Crippen LogP contribution < -0.4 is 10.6 Å². The second-order valence-electron chi connectivity index (χ2n) is 4.61. The first-order valence-electron chi connectivity index (χ1n) is 6.62. The van der Waals surface area contributed by atoms with Gasteiger partial charge in [0.1, 0.15) is 5.82 Å². The quantitative estimate of drug-likeness (QED) is 0.810. The molecule has 0 spiro atoms.